The maximum Gasteiger partial charge on any atom is 0.144 e. The Morgan fingerprint density at radius 3 is 3.00 bits per heavy atom. The number of hydrogen-bond acceptors (Lipinski definition) is 4. The third kappa shape index (κ3) is 1.63. The second-order valence-electron chi connectivity index (χ2n) is 2.03. The predicted molar refractivity (Wildman–Crippen MR) is 40.9 cm³/mol. The molecule has 0 saturated heterocycles. The molecule has 0 saturated carbocycles. The quantitative estimate of drug-likeness (QED) is 0.558. The van der Waals surface area contributed by atoms with E-state index in [9.17, 15) is 0 Å². The standard InChI is InChI=1S/C5H7N5S/c6-2-1-3(7)4-5(11)9-10-8-4/h3H,1,7H2,(H2,8,9,10,11)/t3-/m0/s1. The molecule has 0 aliphatic carbocycles. The summed E-state index contributed by atoms with van der Waals surface area (Å²) in [5, 5.41) is 17.2. The second kappa shape index (κ2) is 3.27. The lowest BCUT2D eigenvalue weighted by molar-refractivity contribution is 0.712. The first kappa shape index (κ1) is 7.91. The van der Waals surface area contributed by atoms with Crippen molar-refractivity contribution in [3.05, 3.63) is 10.3 Å². The number of nitrogens with two attached hydrogens (primary N) is 1. The van der Waals surface area contributed by atoms with Crippen LogP contribution in [0.3, 0.4) is 0 Å². The van der Waals surface area contributed by atoms with E-state index in [-0.39, 0.29) is 6.42 Å². The summed E-state index contributed by atoms with van der Waals surface area (Å²) in [6.07, 6.45) is 0.225. The van der Waals surface area contributed by atoms with Crippen LogP contribution in [0.25, 0.3) is 0 Å². The van der Waals surface area contributed by atoms with E-state index < -0.39 is 6.04 Å². The molecular weight excluding hydrogens is 162 g/mol. The molecule has 11 heavy (non-hydrogen) atoms. The van der Waals surface area contributed by atoms with Crippen LogP contribution in [0.2, 0.25) is 0 Å². The van der Waals surface area contributed by atoms with Gasteiger partial charge in [0.25, 0.3) is 0 Å². The summed E-state index contributed by atoms with van der Waals surface area (Å²) >= 11 is 4.84. The Hall–Kier alpha value is -1.19. The van der Waals surface area contributed by atoms with Crippen molar-refractivity contribution in [2.75, 3.05) is 0 Å². The number of nitriles is 1. The van der Waals surface area contributed by atoms with Gasteiger partial charge in [0.1, 0.15) is 10.3 Å². The van der Waals surface area contributed by atoms with Gasteiger partial charge in [-0.05, 0) is 0 Å². The molecule has 1 atom stereocenters. The molecule has 1 aromatic rings. The maximum absolute atomic E-state index is 8.31. The monoisotopic (exact) mass is 169 g/mol. The minimum atomic E-state index is -0.394. The average molecular weight is 169 g/mol. The van der Waals surface area contributed by atoms with Crippen molar-refractivity contribution in [2.45, 2.75) is 12.5 Å². The Bertz CT molecular complexity index is 318. The van der Waals surface area contributed by atoms with E-state index in [0.717, 1.165) is 0 Å². The van der Waals surface area contributed by atoms with Gasteiger partial charge in [0.2, 0.25) is 0 Å². The highest BCUT2D eigenvalue weighted by atomic mass is 32.1. The van der Waals surface area contributed by atoms with Crippen LogP contribution in [0.1, 0.15) is 18.2 Å². The molecule has 0 aliphatic heterocycles. The summed E-state index contributed by atoms with van der Waals surface area (Å²) in [7, 11) is 0. The summed E-state index contributed by atoms with van der Waals surface area (Å²) in [6.45, 7) is 0. The number of H-pyrrole nitrogens is 2. The number of rotatable bonds is 2. The lowest BCUT2D eigenvalue weighted by atomic mass is 10.2. The molecule has 1 heterocycles. The normalized spacial score (nSPS) is 12.4. The minimum absolute atomic E-state index is 0.225. The SMILES string of the molecule is N#CC[C@H](N)c1n[nH][nH]c1=S. The first-order valence-electron chi connectivity index (χ1n) is 3.01. The van der Waals surface area contributed by atoms with Crippen LogP contribution in [0, 0.1) is 16.0 Å². The van der Waals surface area contributed by atoms with Crippen molar-refractivity contribution in [3.63, 3.8) is 0 Å². The molecule has 0 aliphatic rings. The Morgan fingerprint density at radius 1 is 1.82 bits per heavy atom. The predicted octanol–water partition coefficient (Wildman–Crippen LogP) is 0.381. The van der Waals surface area contributed by atoms with Crippen molar-refractivity contribution >= 4 is 12.2 Å². The lowest BCUT2D eigenvalue weighted by Gasteiger charge is -1.99. The van der Waals surface area contributed by atoms with E-state index in [2.05, 4.69) is 15.4 Å². The molecule has 0 fully saturated rings. The van der Waals surface area contributed by atoms with E-state index in [4.69, 9.17) is 23.2 Å². The largest absolute Gasteiger partial charge is 0.322 e. The van der Waals surface area contributed by atoms with Crippen molar-refractivity contribution in [1.29, 1.82) is 5.26 Å². The zero-order chi connectivity index (χ0) is 8.27. The zero-order valence-corrected chi connectivity index (χ0v) is 6.48. The highest BCUT2D eigenvalue weighted by Crippen LogP contribution is 2.09. The molecule has 1 rings (SSSR count). The molecule has 0 spiro atoms. The van der Waals surface area contributed by atoms with Crippen LogP contribution in [-0.2, 0) is 0 Å². The van der Waals surface area contributed by atoms with Crippen molar-refractivity contribution in [1.82, 2.24) is 15.4 Å². The van der Waals surface area contributed by atoms with Crippen molar-refractivity contribution < 1.29 is 0 Å². The minimum Gasteiger partial charge on any atom is -0.322 e. The van der Waals surface area contributed by atoms with Gasteiger partial charge in [0.05, 0.1) is 18.5 Å². The van der Waals surface area contributed by atoms with Gasteiger partial charge in [-0.2, -0.15) is 10.4 Å². The molecule has 0 amide bonds. The van der Waals surface area contributed by atoms with Crippen LogP contribution < -0.4 is 5.73 Å². The summed E-state index contributed by atoms with van der Waals surface area (Å²) in [4.78, 5) is 0. The molecule has 4 N–H and O–H groups in total. The van der Waals surface area contributed by atoms with Gasteiger partial charge in [-0.3, -0.25) is 5.10 Å². The molecule has 6 heteroatoms. The summed E-state index contributed by atoms with van der Waals surface area (Å²) < 4.78 is 0.466. The smallest absolute Gasteiger partial charge is 0.144 e. The van der Waals surface area contributed by atoms with Gasteiger partial charge >= 0.3 is 0 Å². The zero-order valence-electron chi connectivity index (χ0n) is 5.66. The van der Waals surface area contributed by atoms with Gasteiger partial charge in [0, 0.05) is 0 Å². The van der Waals surface area contributed by atoms with Crippen LogP contribution in [0.5, 0.6) is 0 Å². The molecule has 0 radical (unpaired) electrons. The third-order valence-electron chi connectivity index (χ3n) is 1.24. The fourth-order valence-corrected chi connectivity index (χ4v) is 0.943. The topological polar surface area (TPSA) is 94.3 Å². The Morgan fingerprint density at radius 2 is 2.55 bits per heavy atom. The van der Waals surface area contributed by atoms with Crippen molar-refractivity contribution in [3.8, 4) is 6.07 Å². The Balaban J connectivity index is 2.86. The van der Waals surface area contributed by atoms with E-state index in [1.54, 1.807) is 0 Å². The molecule has 0 unspecified atom stereocenters. The molecule has 5 nitrogen and oxygen atoms in total. The van der Waals surface area contributed by atoms with Gasteiger partial charge in [-0.1, -0.05) is 12.2 Å². The number of nitrogens with one attached hydrogen (secondary N) is 2. The molecule has 58 valence electrons. The molecule has 0 aromatic carbocycles. The highest BCUT2D eigenvalue weighted by Gasteiger charge is 2.09. The van der Waals surface area contributed by atoms with E-state index >= 15 is 0 Å². The van der Waals surface area contributed by atoms with E-state index in [0.29, 0.717) is 10.3 Å². The number of aromatic amines is 2. The Labute approximate surface area is 68.2 Å². The van der Waals surface area contributed by atoms with Crippen molar-refractivity contribution in [2.24, 2.45) is 5.73 Å². The summed E-state index contributed by atoms with van der Waals surface area (Å²) in [5.74, 6) is 0. The van der Waals surface area contributed by atoms with Gasteiger partial charge in [-0.25, -0.2) is 5.21 Å². The van der Waals surface area contributed by atoms with Gasteiger partial charge in [-0.15, -0.1) is 0 Å². The maximum atomic E-state index is 8.31. The number of nitrogens with zero attached hydrogens (tertiary/aromatic N) is 2. The van der Waals surface area contributed by atoms with Crippen LogP contribution in [0.4, 0.5) is 0 Å². The highest BCUT2D eigenvalue weighted by molar-refractivity contribution is 7.71. The number of hydrogen-bond donors (Lipinski definition) is 3. The lowest BCUT2D eigenvalue weighted by Crippen LogP contribution is -2.10. The summed E-state index contributed by atoms with van der Waals surface area (Å²) in [6, 6.07) is 1.55. The molecule has 1 aromatic heterocycles. The van der Waals surface area contributed by atoms with Crippen LogP contribution in [0.15, 0.2) is 0 Å². The number of aromatic nitrogens is 3. The fourth-order valence-electron chi connectivity index (χ4n) is 0.700. The summed E-state index contributed by atoms with van der Waals surface area (Å²) in [5.41, 5.74) is 6.10. The van der Waals surface area contributed by atoms with Crippen LogP contribution in [-0.4, -0.2) is 15.4 Å². The van der Waals surface area contributed by atoms with E-state index in [1.165, 1.54) is 0 Å². The van der Waals surface area contributed by atoms with Gasteiger partial charge < -0.3 is 5.73 Å². The first-order valence-corrected chi connectivity index (χ1v) is 3.42. The first-order chi connectivity index (χ1) is 5.25. The van der Waals surface area contributed by atoms with Crippen LogP contribution >= 0.6 is 12.2 Å². The van der Waals surface area contributed by atoms with Gasteiger partial charge in [0.15, 0.2) is 0 Å². The molecular formula is C5H7N5S. The fraction of sp³-hybridized carbons (Fsp3) is 0.400. The second-order valence-corrected chi connectivity index (χ2v) is 2.44. The average Bonchev–Trinajstić information content (AvgIpc) is 2.36. The molecule has 0 bridgehead atoms. The third-order valence-corrected chi connectivity index (χ3v) is 1.55. The van der Waals surface area contributed by atoms with E-state index in [1.807, 2.05) is 6.07 Å². The Kier molecular flexibility index (Phi) is 2.36.